The average Bonchev–Trinajstić information content (AvgIpc) is 2.98. The Bertz CT molecular complexity index is 709. The highest BCUT2D eigenvalue weighted by molar-refractivity contribution is 7.89. The Hall–Kier alpha value is -1.84. The molecule has 1 aromatic carbocycles. The van der Waals surface area contributed by atoms with Gasteiger partial charge in [-0.15, -0.1) is 0 Å². The van der Waals surface area contributed by atoms with Gasteiger partial charge in [0.25, 0.3) is 0 Å². The molecule has 2 N–H and O–H groups in total. The maximum absolute atomic E-state index is 12.4. The van der Waals surface area contributed by atoms with Gasteiger partial charge in [-0.25, -0.2) is 13.1 Å². The zero-order valence-corrected chi connectivity index (χ0v) is 11.9. The summed E-state index contributed by atoms with van der Waals surface area (Å²) in [7, 11) is -4.02. The third-order valence-electron chi connectivity index (χ3n) is 2.89. The Morgan fingerprint density at radius 1 is 1.18 bits per heavy atom. The number of rotatable bonds is 5. The highest BCUT2D eigenvalue weighted by Crippen LogP contribution is 2.29. The molecule has 0 aliphatic rings. The first-order valence-corrected chi connectivity index (χ1v) is 7.55. The summed E-state index contributed by atoms with van der Waals surface area (Å²) in [5, 5.41) is 9.73. The second kappa shape index (κ2) is 6.11. The quantitative estimate of drug-likeness (QED) is 0.879. The highest BCUT2D eigenvalue weighted by Gasteiger charge is 2.30. The van der Waals surface area contributed by atoms with Crippen LogP contribution in [0.1, 0.15) is 17.2 Å². The lowest BCUT2D eigenvalue weighted by Crippen LogP contribution is -2.28. The monoisotopic (exact) mass is 335 g/mol. The van der Waals surface area contributed by atoms with Crippen LogP contribution < -0.4 is 4.72 Å². The zero-order valence-electron chi connectivity index (χ0n) is 11.0. The van der Waals surface area contributed by atoms with E-state index in [2.05, 4.69) is 4.72 Å². The molecule has 0 saturated carbocycles. The number of alkyl halides is 3. The second-order valence-electron chi connectivity index (χ2n) is 4.45. The van der Waals surface area contributed by atoms with Crippen LogP contribution in [0.2, 0.25) is 0 Å². The molecule has 5 nitrogen and oxygen atoms in total. The largest absolute Gasteiger partial charge is 0.472 e. The van der Waals surface area contributed by atoms with E-state index >= 15 is 0 Å². The minimum atomic E-state index is -4.53. The van der Waals surface area contributed by atoms with Crippen LogP contribution in [0.5, 0.6) is 0 Å². The molecule has 120 valence electrons. The van der Waals surface area contributed by atoms with E-state index in [-0.39, 0.29) is 11.4 Å². The van der Waals surface area contributed by atoms with Gasteiger partial charge in [0.2, 0.25) is 10.0 Å². The van der Waals surface area contributed by atoms with Crippen LogP contribution in [-0.2, 0) is 16.2 Å². The molecular weight excluding hydrogens is 323 g/mol. The van der Waals surface area contributed by atoms with Gasteiger partial charge in [0.15, 0.2) is 0 Å². The van der Waals surface area contributed by atoms with E-state index in [4.69, 9.17) is 4.42 Å². The second-order valence-corrected chi connectivity index (χ2v) is 6.21. The van der Waals surface area contributed by atoms with Crippen molar-refractivity contribution in [3.05, 3.63) is 54.0 Å². The lowest BCUT2D eigenvalue weighted by molar-refractivity contribution is -0.137. The van der Waals surface area contributed by atoms with E-state index in [1.165, 1.54) is 18.6 Å². The molecule has 0 aliphatic heterocycles. The zero-order chi connectivity index (χ0) is 16.4. The molecule has 0 fully saturated rings. The maximum Gasteiger partial charge on any atom is 0.416 e. The van der Waals surface area contributed by atoms with Gasteiger partial charge >= 0.3 is 6.18 Å². The van der Waals surface area contributed by atoms with Crippen molar-refractivity contribution in [1.82, 2.24) is 4.72 Å². The van der Waals surface area contributed by atoms with Crippen molar-refractivity contribution in [2.75, 3.05) is 6.54 Å². The summed E-state index contributed by atoms with van der Waals surface area (Å²) in [6.45, 7) is -0.330. The Balaban J connectivity index is 2.07. The topological polar surface area (TPSA) is 79.5 Å². The molecular formula is C13H12F3NO4S. The molecule has 1 atom stereocenters. The van der Waals surface area contributed by atoms with E-state index in [1.54, 1.807) is 0 Å². The molecule has 0 saturated heterocycles. The van der Waals surface area contributed by atoms with Crippen LogP contribution in [0, 0.1) is 0 Å². The maximum atomic E-state index is 12.4. The Morgan fingerprint density at radius 2 is 1.82 bits per heavy atom. The average molecular weight is 335 g/mol. The highest BCUT2D eigenvalue weighted by atomic mass is 32.2. The molecule has 0 bridgehead atoms. The number of aliphatic hydroxyl groups is 1. The predicted octanol–water partition coefficient (Wildman–Crippen LogP) is 2.31. The third kappa shape index (κ3) is 3.87. The minimum Gasteiger partial charge on any atom is -0.472 e. The van der Waals surface area contributed by atoms with Crippen LogP contribution in [0.15, 0.2) is 52.2 Å². The summed E-state index contributed by atoms with van der Waals surface area (Å²) in [6.07, 6.45) is -3.07. The summed E-state index contributed by atoms with van der Waals surface area (Å²) in [5.41, 5.74) is -0.556. The summed E-state index contributed by atoms with van der Waals surface area (Å²) >= 11 is 0. The van der Waals surface area contributed by atoms with E-state index < -0.39 is 27.9 Å². The van der Waals surface area contributed by atoms with Crippen molar-refractivity contribution in [2.24, 2.45) is 0 Å². The Morgan fingerprint density at radius 3 is 2.32 bits per heavy atom. The number of hydrogen-bond donors (Lipinski definition) is 2. The number of aliphatic hydroxyl groups excluding tert-OH is 1. The van der Waals surface area contributed by atoms with Gasteiger partial charge in [0.05, 0.1) is 29.1 Å². The van der Waals surface area contributed by atoms with Gasteiger partial charge in [0.1, 0.15) is 0 Å². The normalized spacial score (nSPS) is 14.0. The van der Waals surface area contributed by atoms with E-state index in [9.17, 15) is 26.7 Å². The fourth-order valence-electron chi connectivity index (χ4n) is 1.68. The molecule has 0 unspecified atom stereocenters. The lowest BCUT2D eigenvalue weighted by Gasteiger charge is -2.12. The van der Waals surface area contributed by atoms with Gasteiger partial charge in [-0.1, -0.05) is 0 Å². The van der Waals surface area contributed by atoms with Gasteiger partial charge in [-0.2, -0.15) is 13.2 Å². The summed E-state index contributed by atoms with van der Waals surface area (Å²) in [4.78, 5) is -0.320. The van der Waals surface area contributed by atoms with Crippen molar-refractivity contribution in [3.63, 3.8) is 0 Å². The fraction of sp³-hybridized carbons (Fsp3) is 0.231. The molecule has 1 heterocycles. The van der Waals surface area contributed by atoms with Gasteiger partial charge in [-0.3, -0.25) is 0 Å². The molecule has 0 radical (unpaired) electrons. The van der Waals surface area contributed by atoms with Crippen molar-refractivity contribution < 1.29 is 31.1 Å². The van der Waals surface area contributed by atoms with Crippen LogP contribution in [0.4, 0.5) is 13.2 Å². The first kappa shape index (κ1) is 16.5. The van der Waals surface area contributed by atoms with Crippen molar-refractivity contribution in [1.29, 1.82) is 0 Å². The van der Waals surface area contributed by atoms with Gasteiger partial charge in [-0.05, 0) is 30.3 Å². The SMILES string of the molecule is O=S(=O)(NC[C@H](O)c1ccoc1)c1ccc(C(F)(F)F)cc1. The van der Waals surface area contributed by atoms with Crippen molar-refractivity contribution >= 4 is 10.0 Å². The van der Waals surface area contributed by atoms with E-state index in [0.717, 1.165) is 12.1 Å². The number of sulfonamides is 1. The van der Waals surface area contributed by atoms with Crippen LogP contribution >= 0.6 is 0 Å². The van der Waals surface area contributed by atoms with E-state index in [0.29, 0.717) is 17.7 Å². The van der Waals surface area contributed by atoms with Crippen LogP contribution in [0.3, 0.4) is 0 Å². The molecule has 0 aliphatic carbocycles. The number of hydrogen-bond acceptors (Lipinski definition) is 4. The number of halogens is 3. The fourth-order valence-corrected chi connectivity index (χ4v) is 2.72. The van der Waals surface area contributed by atoms with Gasteiger partial charge in [0, 0.05) is 12.1 Å². The number of benzene rings is 1. The third-order valence-corrected chi connectivity index (χ3v) is 4.33. The van der Waals surface area contributed by atoms with Crippen molar-refractivity contribution in [2.45, 2.75) is 17.2 Å². The molecule has 0 spiro atoms. The molecule has 9 heteroatoms. The summed E-state index contributed by atoms with van der Waals surface area (Å²) < 4.78 is 68.0. The van der Waals surface area contributed by atoms with Crippen LogP contribution in [0.25, 0.3) is 0 Å². The first-order chi connectivity index (χ1) is 10.2. The Kier molecular flexibility index (Phi) is 4.59. The van der Waals surface area contributed by atoms with E-state index in [1.807, 2.05) is 0 Å². The number of nitrogens with one attached hydrogen (secondary N) is 1. The number of furan rings is 1. The summed E-state index contributed by atoms with van der Waals surface area (Å²) in [6, 6.07) is 4.55. The smallest absolute Gasteiger partial charge is 0.416 e. The predicted molar refractivity (Wildman–Crippen MR) is 70.3 cm³/mol. The molecule has 2 rings (SSSR count). The minimum absolute atomic E-state index is 0.320. The molecule has 0 amide bonds. The standard InChI is InChI=1S/C13H12F3NO4S/c14-13(15,16)10-1-3-11(4-2-10)22(19,20)17-7-12(18)9-5-6-21-8-9/h1-6,8,12,17-18H,7H2/t12-/m0/s1. The molecule has 22 heavy (non-hydrogen) atoms. The van der Waals surface area contributed by atoms with Crippen LogP contribution in [-0.4, -0.2) is 20.1 Å². The van der Waals surface area contributed by atoms with Gasteiger partial charge < -0.3 is 9.52 Å². The van der Waals surface area contributed by atoms with Crippen molar-refractivity contribution in [3.8, 4) is 0 Å². The Labute approximate surface area is 124 Å². The first-order valence-electron chi connectivity index (χ1n) is 6.07. The lowest BCUT2D eigenvalue weighted by atomic mass is 10.2. The summed E-state index contributed by atoms with van der Waals surface area (Å²) in [5.74, 6) is 0. The molecule has 1 aromatic heterocycles. The molecule has 2 aromatic rings.